The normalized spacial score (nSPS) is 21.9. The number of nitrogens with zero attached hydrogens (tertiary/aromatic N) is 2. The molecular formula is C23H34N2O2. The molecule has 3 rings (SSSR count). The van der Waals surface area contributed by atoms with Crippen LogP contribution in [-0.4, -0.2) is 35.0 Å². The summed E-state index contributed by atoms with van der Waals surface area (Å²) < 4.78 is 6.12. The summed E-state index contributed by atoms with van der Waals surface area (Å²) >= 11 is 0. The van der Waals surface area contributed by atoms with Gasteiger partial charge in [-0.1, -0.05) is 45.3 Å². The Bertz CT molecular complexity index is 637. The van der Waals surface area contributed by atoms with Crippen LogP contribution in [0.4, 0.5) is 0 Å². The van der Waals surface area contributed by atoms with Crippen molar-refractivity contribution in [2.24, 2.45) is 11.8 Å². The van der Waals surface area contributed by atoms with Crippen LogP contribution >= 0.6 is 0 Å². The van der Waals surface area contributed by atoms with E-state index in [1.807, 2.05) is 17.2 Å². The van der Waals surface area contributed by atoms with Gasteiger partial charge < -0.3 is 9.64 Å². The van der Waals surface area contributed by atoms with E-state index in [2.05, 4.69) is 31.0 Å². The molecule has 1 aliphatic carbocycles. The van der Waals surface area contributed by atoms with Crippen molar-refractivity contribution in [1.82, 2.24) is 9.88 Å². The van der Waals surface area contributed by atoms with Crippen molar-refractivity contribution < 1.29 is 9.53 Å². The Morgan fingerprint density at radius 3 is 2.93 bits per heavy atom. The largest absolute Gasteiger partial charge is 0.487 e. The number of ether oxygens (including phenoxy) is 1. The maximum atomic E-state index is 12.5. The Hall–Kier alpha value is -1.84. The molecule has 0 aromatic carbocycles. The van der Waals surface area contributed by atoms with E-state index in [4.69, 9.17) is 4.74 Å². The van der Waals surface area contributed by atoms with Gasteiger partial charge in [-0.3, -0.25) is 9.78 Å². The van der Waals surface area contributed by atoms with Gasteiger partial charge in [0.2, 0.25) is 5.91 Å². The number of pyridine rings is 1. The zero-order valence-electron chi connectivity index (χ0n) is 16.9. The standard InChI is InChI=1S/C23H34N2O2/c1-3-18(2)7-6-10-20-13-22(16-24-15-20)27-21-11-12-25(17-21)23(26)14-19-8-4-5-9-19/h6,10,13,15-16,18-19,21H,3-5,7-9,11-12,14,17H2,1-2H3/b10-6+/t18-,21-/m1/s1. The van der Waals surface area contributed by atoms with Crippen molar-refractivity contribution in [2.75, 3.05) is 13.1 Å². The van der Waals surface area contributed by atoms with E-state index in [1.54, 1.807) is 6.20 Å². The van der Waals surface area contributed by atoms with Crippen LogP contribution in [0.25, 0.3) is 6.08 Å². The van der Waals surface area contributed by atoms with Crippen LogP contribution in [0.5, 0.6) is 5.75 Å². The summed E-state index contributed by atoms with van der Waals surface area (Å²) in [7, 11) is 0. The Kier molecular flexibility index (Phi) is 7.31. The molecule has 2 atom stereocenters. The van der Waals surface area contributed by atoms with Gasteiger partial charge in [0.05, 0.1) is 12.7 Å². The van der Waals surface area contributed by atoms with E-state index in [1.165, 1.54) is 32.1 Å². The van der Waals surface area contributed by atoms with Gasteiger partial charge in [0.25, 0.3) is 0 Å². The van der Waals surface area contributed by atoms with Crippen LogP contribution in [0, 0.1) is 11.8 Å². The fraction of sp³-hybridized carbons (Fsp3) is 0.652. The number of hydrogen-bond donors (Lipinski definition) is 0. The highest BCUT2D eigenvalue weighted by molar-refractivity contribution is 5.76. The lowest BCUT2D eigenvalue weighted by Crippen LogP contribution is -2.31. The molecule has 148 valence electrons. The van der Waals surface area contributed by atoms with Crippen LogP contribution < -0.4 is 4.74 Å². The summed E-state index contributed by atoms with van der Waals surface area (Å²) in [5.74, 6) is 2.43. The number of aromatic nitrogens is 1. The molecule has 0 N–H and O–H groups in total. The second kappa shape index (κ2) is 9.91. The van der Waals surface area contributed by atoms with Gasteiger partial charge in [-0.15, -0.1) is 0 Å². The lowest BCUT2D eigenvalue weighted by Gasteiger charge is -2.19. The van der Waals surface area contributed by atoms with E-state index in [9.17, 15) is 4.79 Å². The van der Waals surface area contributed by atoms with Crippen LogP contribution in [0.15, 0.2) is 24.5 Å². The second-order valence-corrected chi connectivity index (χ2v) is 8.33. The molecule has 0 bridgehead atoms. The van der Waals surface area contributed by atoms with Crippen molar-refractivity contribution in [3.05, 3.63) is 30.1 Å². The van der Waals surface area contributed by atoms with Crippen LogP contribution in [0.1, 0.15) is 70.8 Å². The van der Waals surface area contributed by atoms with Crippen molar-refractivity contribution in [3.8, 4) is 5.75 Å². The molecule has 2 fully saturated rings. The molecule has 1 aliphatic heterocycles. The molecule has 1 amide bonds. The highest BCUT2D eigenvalue weighted by Crippen LogP contribution is 2.29. The number of carbonyl (C=O) groups is 1. The average molecular weight is 371 g/mol. The maximum Gasteiger partial charge on any atom is 0.222 e. The molecule has 1 saturated heterocycles. The minimum absolute atomic E-state index is 0.0821. The van der Waals surface area contributed by atoms with Crippen molar-refractivity contribution >= 4 is 12.0 Å². The van der Waals surface area contributed by atoms with Crippen LogP contribution in [-0.2, 0) is 4.79 Å². The van der Waals surface area contributed by atoms with E-state index in [-0.39, 0.29) is 6.10 Å². The van der Waals surface area contributed by atoms with Crippen molar-refractivity contribution in [1.29, 1.82) is 0 Å². The highest BCUT2D eigenvalue weighted by Gasteiger charge is 2.29. The molecule has 4 nitrogen and oxygen atoms in total. The second-order valence-electron chi connectivity index (χ2n) is 8.33. The monoisotopic (exact) mass is 370 g/mol. The number of amides is 1. The zero-order chi connectivity index (χ0) is 19.1. The van der Waals surface area contributed by atoms with Gasteiger partial charge in [-0.2, -0.15) is 0 Å². The SMILES string of the molecule is CC[C@@H](C)C/C=C/c1cncc(O[C@@H]2CCN(C(=O)CC3CCCC3)C2)c1. The molecule has 0 radical (unpaired) electrons. The fourth-order valence-corrected chi connectivity index (χ4v) is 4.03. The molecule has 4 heteroatoms. The predicted molar refractivity (Wildman–Crippen MR) is 110 cm³/mol. The van der Waals surface area contributed by atoms with Crippen molar-refractivity contribution in [2.45, 2.75) is 71.3 Å². The topological polar surface area (TPSA) is 42.4 Å². The van der Waals surface area contributed by atoms with Gasteiger partial charge in [0.1, 0.15) is 11.9 Å². The number of rotatable bonds is 8. The summed E-state index contributed by atoms with van der Waals surface area (Å²) in [6, 6.07) is 2.04. The Balaban J connectivity index is 1.48. The van der Waals surface area contributed by atoms with E-state index in [0.29, 0.717) is 24.3 Å². The summed E-state index contributed by atoms with van der Waals surface area (Å²) in [5.41, 5.74) is 1.07. The molecule has 0 spiro atoms. The average Bonchev–Trinajstić information content (AvgIpc) is 3.34. The number of hydrogen-bond acceptors (Lipinski definition) is 3. The van der Waals surface area contributed by atoms with Crippen LogP contribution in [0.2, 0.25) is 0 Å². The quantitative estimate of drug-likeness (QED) is 0.640. The van der Waals surface area contributed by atoms with Crippen LogP contribution in [0.3, 0.4) is 0 Å². The van der Waals surface area contributed by atoms with E-state index < -0.39 is 0 Å². The van der Waals surface area contributed by atoms with Gasteiger partial charge in [-0.25, -0.2) is 0 Å². The lowest BCUT2D eigenvalue weighted by atomic mass is 10.0. The molecule has 0 unspecified atom stereocenters. The minimum atomic E-state index is 0.0821. The molecule has 27 heavy (non-hydrogen) atoms. The summed E-state index contributed by atoms with van der Waals surface area (Å²) in [6.07, 6.45) is 17.0. The Labute approximate surface area is 164 Å². The summed E-state index contributed by atoms with van der Waals surface area (Å²) in [6.45, 7) is 6.01. The molecule has 1 aromatic rings. The zero-order valence-corrected chi connectivity index (χ0v) is 16.9. The molecular weight excluding hydrogens is 336 g/mol. The third kappa shape index (κ3) is 6.08. The Morgan fingerprint density at radius 2 is 2.15 bits per heavy atom. The molecule has 1 saturated carbocycles. The van der Waals surface area contributed by atoms with Crippen molar-refractivity contribution in [3.63, 3.8) is 0 Å². The maximum absolute atomic E-state index is 12.5. The first-order valence-corrected chi connectivity index (χ1v) is 10.7. The highest BCUT2D eigenvalue weighted by atomic mass is 16.5. The first kappa shape index (κ1) is 19.9. The molecule has 1 aromatic heterocycles. The summed E-state index contributed by atoms with van der Waals surface area (Å²) in [4.78, 5) is 18.8. The first-order chi connectivity index (χ1) is 13.1. The van der Waals surface area contributed by atoms with Gasteiger partial charge >= 0.3 is 0 Å². The van der Waals surface area contributed by atoms with Gasteiger partial charge in [-0.05, 0) is 42.7 Å². The Morgan fingerprint density at radius 1 is 1.33 bits per heavy atom. The van der Waals surface area contributed by atoms with E-state index >= 15 is 0 Å². The molecule has 2 heterocycles. The van der Waals surface area contributed by atoms with Gasteiger partial charge in [0.15, 0.2) is 0 Å². The number of carbonyl (C=O) groups excluding carboxylic acids is 1. The first-order valence-electron chi connectivity index (χ1n) is 10.7. The third-order valence-corrected chi connectivity index (χ3v) is 6.02. The molecule has 2 aliphatic rings. The van der Waals surface area contributed by atoms with E-state index in [0.717, 1.165) is 37.1 Å². The predicted octanol–water partition coefficient (Wildman–Crippen LogP) is 5.09. The third-order valence-electron chi connectivity index (χ3n) is 6.02. The van der Waals surface area contributed by atoms with Gasteiger partial charge in [0, 0.05) is 25.6 Å². The number of allylic oxidation sites excluding steroid dienone is 1. The minimum Gasteiger partial charge on any atom is -0.487 e. The summed E-state index contributed by atoms with van der Waals surface area (Å²) in [5, 5.41) is 0. The smallest absolute Gasteiger partial charge is 0.222 e. The fourth-order valence-electron chi connectivity index (χ4n) is 4.03. The number of likely N-dealkylation sites (tertiary alicyclic amines) is 1. The lowest BCUT2D eigenvalue weighted by molar-refractivity contribution is -0.131.